The average molecular weight is 259 g/mol. The number of ether oxygens (including phenoxy) is 1. The molecule has 5 nitrogen and oxygen atoms in total. The van der Waals surface area contributed by atoms with Crippen molar-refractivity contribution >= 4 is 5.69 Å². The van der Waals surface area contributed by atoms with E-state index >= 15 is 0 Å². The van der Waals surface area contributed by atoms with Gasteiger partial charge in [0, 0.05) is 24.4 Å². The Kier molecular flexibility index (Phi) is 4.18. The van der Waals surface area contributed by atoms with E-state index < -0.39 is 0 Å². The van der Waals surface area contributed by atoms with E-state index in [0.29, 0.717) is 12.4 Å². The van der Waals surface area contributed by atoms with Crippen molar-refractivity contribution in [2.24, 2.45) is 0 Å². The Morgan fingerprint density at radius 3 is 2.63 bits per heavy atom. The van der Waals surface area contributed by atoms with Crippen molar-refractivity contribution in [2.75, 3.05) is 12.8 Å². The molecule has 0 amide bonds. The van der Waals surface area contributed by atoms with Crippen LogP contribution in [-0.4, -0.2) is 16.9 Å². The molecule has 1 aromatic heterocycles. The van der Waals surface area contributed by atoms with E-state index in [2.05, 4.69) is 5.10 Å². The van der Waals surface area contributed by atoms with E-state index in [-0.39, 0.29) is 5.56 Å². The predicted octanol–water partition coefficient (Wildman–Crippen LogP) is 1.47. The number of anilines is 1. The van der Waals surface area contributed by atoms with Crippen molar-refractivity contribution < 1.29 is 4.74 Å². The minimum Gasteiger partial charge on any atom is -0.480 e. The van der Waals surface area contributed by atoms with Gasteiger partial charge in [0.05, 0.1) is 7.11 Å². The normalized spacial score (nSPS) is 10.4. The molecule has 0 spiro atoms. The van der Waals surface area contributed by atoms with E-state index in [4.69, 9.17) is 10.5 Å². The lowest BCUT2D eigenvalue weighted by molar-refractivity contribution is 0.374. The van der Waals surface area contributed by atoms with Gasteiger partial charge >= 0.3 is 0 Å². The molecule has 2 rings (SSSR count). The summed E-state index contributed by atoms with van der Waals surface area (Å²) < 4.78 is 6.43. The molecule has 19 heavy (non-hydrogen) atoms. The van der Waals surface area contributed by atoms with Crippen LogP contribution in [0.2, 0.25) is 0 Å². The zero-order valence-corrected chi connectivity index (χ0v) is 10.9. The maximum atomic E-state index is 11.6. The van der Waals surface area contributed by atoms with Crippen LogP contribution in [0.4, 0.5) is 5.69 Å². The quantitative estimate of drug-likeness (QED) is 0.825. The highest BCUT2D eigenvalue weighted by Crippen LogP contribution is 2.08. The third kappa shape index (κ3) is 3.58. The molecule has 0 bridgehead atoms. The maximum Gasteiger partial charge on any atom is 0.266 e. The Bertz CT molecular complexity index is 590. The fourth-order valence-electron chi connectivity index (χ4n) is 1.82. The number of nitrogen functional groups attached to an aromatic ring is 1. The fourth-order valence-corrected chi connectivity index (χ4v) is 1.82. The molecule has 1 heterocycles. The second kappa shape index (κ2) is 6.04. The number of hydrogen-bond acceptors (Lipinski definition) is 4. The zero-order chi connectivity index (χ0) is 13.7. The summed E-state index contributed by atoms with van der Waals surface area (Å²) in [6, 6.07) is 10.8. The molecule has 0 saturated carbocycles. The molecular weight excluding hydrogens is 242 g/mol. The number of benzene rings is 1. The van der Waals surface area contributed by atoms with Crippen LogP contribution in [0.1, 0.15) is 12.0 Å². The van der Waals surface area contributed by atoms with Crippen molar-refractivity contribution in [3.8, 4) is 5.88 Å². The van der Waals surface area contributed by atoms with E-state index in [0.717, 1.165) is 18.5 Å². The topological polar surface area (TPSA) is 70.1 Å². The summed E-state index contributed by atoms with van der Waals surface area (Å²) >= 11 is 0. The van der Waals surface area contributed by atoms with Crippen LogP contribution < -0.4 is 16.0 Å². The lowest BCUT2D eigenvalue weighted by Crippen LogP contribution is -2.22. The van der Waals surface area contributed by atoms with Gasteiger partial charge in [-0.1, -0.05) is 12.1 Å². The van der Waals surface area contributed by atoms with Crippen LogP contribution >= 0.6 is 0 Å². The van der Waals surface area contributed by atoms with Gasteiger partial charge < -0.3 is 10.5 Å². The third-order valence-corrected chi connectivity index (χ3v) is 2.87. The highest BCUT2D eigenvalue weighted by atomic mass is 16.5. The highest BCUT2D eigenvalue weighted by Gasteiger charge is 2.01. The summed E-state index contributed by atoms with van der Waals surface area (Å²) in [4.78, 5) is 11.6. The molecule has 100 valence electrons. The van der Waals surface area contributed by atoms with Gasteiger partial charge in [0.1, 0.15) is 0 Å². The minimum absolute atomic E-state index is 0.113. The van der Waals surface area contributed by atoms with Crippen LogP contribution in [0.15, 0.2) is 41.2 Å². The Labute approximate surface area is 111 Å². The standard InChI is InChI=1S/C14H17N3O2/c1-19-13-8-9-14(18)17(16-13)10-2-3-11-4-6-12(15)7-5-11/h4-9H,2-3,10,15H2,1H3. The highest BCUT2D eigenvalue weighted by molar-refractivity contribution is 5.39. The Hall–Kier alpha value is -2.30. The van der Waals surface area contributed by atoms with Gasteiger partial charge in [0.25, 0.3) is 5.56 Å². The number of aryl methyl sites for hydroxylation is 2. The summed E-state index contributed by atoms with van der Waals surface area (Å²) in [5.74, 6) is 0.451. The molecule has 0 unspecified atom stereocenters. The third-order valence-electron chi connectivity index (χ3n) is 2.87. The first-order valence-electron chi connectivity index (χ1n) is 6.15. The Balaban J connectivity index is 1.95. The van der Waals surface area contributed by atoms with Crippen LogP contribution in [-0.2, 0) is 13.0 Å². The fraction of sp³-hybridized carbons (Fsp3) is 0.286. The molecule has 0 atom stereocenters. The lowest BCUT2D eigenvalue weighted by atomic mass is 10.1. The average Bonchev–Trinajstić information content (AvgIpc) is 2.43. The van der Waals surface area contributed by atoms with Crippen molar-refractivity contribution in [3.63, 3.8) is 0 Å². The summed E-state index contributed by atoms with van der Waals surface area (Å²) in [5, 5.41) is 4.10. The first-order valence-corrected chi connectivity index (χ1v) is 6.15. The van der Waals surface area contributed by atoms with Crippen molar-refractivity contribution in [2.45, 2.75) is 19.4 Å². The molecule has 0 saturated heterocycles. The number of rotatable bonds is 5. The molecule has 0 aliphatic rings. The molecule has 0 radical (unpaired) electrons. The zero-order valence-electron chi connectivity index (χ0n) is 10.9. The summed E-state index contributed by atoms with van der Waals surface area (Å²) in [6.45, 7) is 0.570. The number of nitrogens with two attached hydrogens (primary N) is 1. The van der Waals surface area contributed by atoms with Crippen molar-refractivity contribution in [1.82, 2.24) is 9.78 Å². The van der Waals surface area contributed by atoms with Gasteiger partial charge in [-0.25, -0.2) is 4.68 Å². The molecule has 2 aromatic rings. The number of methoxy groups -OCH3 is 1. The van der Waals surface area contributed by atoms with Crippen molar-refractivity contribution in [1.29, 1.82) is 0 Å². The van der Waals surface area contributed by atoms with E-state index in [9.17, 15) is 4.79 Å². The van der Waals surface area contributed by atoms with Gasteiger partial charge in [-0.3, -0.25) is 4.79 Å². The first kappa shape index (κ1) is 13.1. The number of aromatic nitrogens is 2. The largest absolute Gasteiger partial charge is 0.480 e. The van der Waals surface area contributed by atoms with E-state index in [1.165, 1.54) is 23.4 Å². The summed E-state index contributed by atoms with van der Waals surface area (Å²) in [6.07, 6.45) is 1.72. The van der Waals surface area contributed by atoms with Gasteiger partial charge in [-0.15, -0.1) is 5.10 Å². The second-order valence-electron chi connectivity index (χ2n) is 4.28. The second-order valence-corrected chi connectivity index (χ2v) is 4.28. The summed E-state index contributed by atoms with van der Waals surface area (Å²) in [7, 11) is 1.53. The lowest BCUT2D eigenvalue weighted by Gasteiger charge is -2.06. The predicted molar refractivity (Wildman–Crippen MR) is 74.2 cm³/mol. The minimum atomic E-state index is -0.113. The number of hydrogen-bond donors (Lipinski definition) is 1. The smallest absolute Gasteiger partial charge is 0.266 e. The van der Waals surface area contributed by atoms with E-state index in [1.807, 2.05) is 24.3 Å². The van der Waals surface area contributed by atoms with Gasteiger partial charge in [-0.05, 0) is 30.5 Å². The molecule has 5 heteroatoms. The van der Waals surface area contributed by atoms with Gasteiger partial charge in [0.15, 0.2) is 0 Å². The molecule has 0 aliphatic heterocycles. The number of nitrogens with zero attached hydrogens (tertiary/aromatic N) is 2. The molecule has 0 aliphatic carbocycles. The summed E-state index contributed by atoms with van der Waals surface area (Å²) in [5.41, 5.74) is 7.47. The Morgan fingerprint density at radius 2 is 1.95 bits per heavy atom. The maximum absolute atomic E-state index is 11.6. The SMILES string of the molecule is COc1ccc(=O)n(CCCc2ccc(N)cc2)n1. The molecule has 0 fully saturated rings. The van der Waals surface area contributed by atoms with Crippen molar-refractivity contribution in [3.05, 3.63) is 52.3 Å². The van der Waals surface area contributed by atoms with Gasteiger partial charge in [-0.2, -0.15) is 0 Å². The molecule has 1 aromatic carbocycles. The Morgan fingerprint density at radius 1 is 1.21 bits per heavy atom. The molecular formula is C14H17N3O2. The van der Waals surface area contributed by atoms with Crippen LogP contribution in [0.3, 0.4) is 0 Å². The monoisotopic (exact) mass is 259 g/mol. The van der Waals surface area contributed by atoms with Crippen LogP contribution in [0, 0.1) is 0 Å². The molecule has 2 N–H and O–H groups in total. The van der Waals surface area contributed by atoms with Gasteiger partial charge in [0.2, 0.25) is 5.88 Å². The first-order chi connectivity index (χ1) is 9.19. The van der Waals surface area contributed by atoms with Crippen LogP contribution in [0.25, 0.3) is 0 Å². The van der Waals surface area contributed by atoms with Crippen LogP contribution in [0.5, 0.6) is 5.88 Å². The van der Waals surface area contributed by atoms with E-state index in [1.54, 1.807) is 6.07 Å².